The highest BCUT2D eigenvalue weighted by molar-refractivity contribution is 5.06. The van der Waals surface area contributed by atoms with Crippen LogP contribution in [0.25, 0.3) is 0 Å². The summed E-state index contributed by atoms with van der Waals surface area (Å²) in [7, 11) is 0. The Kier molecular flexibility index (Phi) is 4.65. The summed E-state index contributed by atoms with van der Waals surface area (Å²) >= 11 is 0. The first kappa shape index (κ1) is 15.0. The molecule has 1 N–H and O–H groups in total. The van der Waals surface area contributed by atoms with Crippen molar-refractivity contribution in [2.24, 2.45) is 0 Å². The molecule has 1 atom stereocenters. The Balaban J connectivity index is 1.71. The predicted molar refractivity (Wildman–Crippen MR) is 86.2 cm³/mol. The maximum Gasteiger partial charge on any atom is 0.0534 e. The molecule has 4 heteroatoms. The van der Waals surface area contributed by atoms with Gasteiger partial charge in [-0.05, 0) is 39.7 Å². The van der Waals surface area contributed by atoms with Crippen LogP contribution in [0, 0.1) is 0 Å². The summed E-state index contributed by atoms with van der Waals surface area (Å²) in [5, 5.41) is 8.32. The molecule has 2 heterocycles. The van der Waals surface area contributed by atoms with Crippen LogP contribution >= 0.6 is 0 Å². The zero-order chi connectivity index (χ0) is 14.7. The molecule has 1 saturated carbocycles. The lowest BCUT2D eigenvalue weighted by molar-refractivity contribution is 0.131. The van der Waals surface area contributed by atoms with Gasteiger partial charge in [0, 0.05) is 43.0 Å². The van der Waals surface area contributed by atoms with Gasteiger partial charge in [0.05, 0.1) is 6.20 Å². The minimum atomic E-state index is 0.379. The number of hydrogen-bond donors (Lipinski definition) is 1. The fourth-order valence-electron chi connectivity index (χ4n) is 4.00. The first-order chi connectivity index (χ1) is 10.2. The van der Waals surface area contributed by atoms with Crippen LogP contribution in [0.3, 0.4) is 0 Å². The Morgan fingerprint density at radius 2 is 2.14 bits per heavy atom. The van der Waals surface area contributed by atoms with Gasteiger partial charge >= 0.3 is 0 Å². The molecule has 1 aliphatic carbocycles. The van der Waals surface area contributed by atoms with E-state index in [1.165, 1.54) is 57.2 Å². The molecule has 1 aromatic rings. The lowest BCUT2D eigenvalue weighted by atomic mass is 9.81. The van der Waals surface area contributed by atoms with Crippen molar-refractivity contribution < 1.29 is 0 Å². The van der Waals surface area contributed by atoms with Crippen molar-refractivity contribution in [1.29, 1.82) is 0 Å². The van der Waals surface area contributed by atoms with Crippen molar-refractivity contribution in [2.75, 3.05) is 13.1 Å². The molecule has 1 unspecified atom stereocenters. The Morgan fingerprint density at radius 3 is 2.86 bits per heavy atom. The van der Waals surface area contributed by atoms with E-state index in [1.54, 1.807) is 0 Å². The van der Waals surface area contributed by atoms with Crippen LogP contribution in [-0.2, 0) is 13.1 Å². The summed E-state index contributed by atoms with van der Waals surface area (Å²) in [6, 6.07) is 0.656. The Morgan fingerprint density at radius 1 is 1.33 bits per heavy atom. The van der Waals surface area contributed by atoms with Gasteiger partial charge < -0.3 is 5.32 Å². The van der Waals surface area contributed by atoms with Crippen molar-refractivity contribution in [3.05, 3.63) is 18.0 Å². The number of nitrogens with zero attached hydrogens (tertiary/aromatic N) is 3. The second-order valence-electron chi connectivity index (χ2n) is 7.01. The summed E-state index contributed by atoms with van der Waals surface area (Å²) in [4.78, 5) is 2.68. The molecule has 0 radical (unpaired) electrons. The van der Waals surface area contributed by atoms with Crippen molar-refractivity contribution in [3.63, 3.8) is 0 Å². The van der Waals surface area contributed by atoms with Gasteiger partial charge in [-0.3, -0.25) is 9.58 Å². The molecular weight excluding hydrogens is 260 g/mol. The molecule has 2 fully saturated rings. The molecule has 118 valence electrons. The molecular formula is C17H30N4. The maximum absolute atomic E-state index is 4.43. The Bertz CT molecular complexity index is 447. The molecule has 1 aliphatic heterocycles. The highest BCUT2D eigenvalue weighted by atomic mass is 15.3. The zero-order valence-electron chi connectivity index (χ0n) is 13.6. The highest BCUT2D eigenvalue weighted by Gasteiger charge is 2.36. The lowest BCUT2D eigenvalue weighted by Gasteiger charge is -2.41. The van der Waals surface area contributed by atoms with Crippen LogP contribution in [0.2, 0.25) is 0 Å². The number of nitrogens with one attached hydrogen (secondary N) is 1. The molecule has 0 bridgehead atoms. The minimum Gasteiger partial charge on any atom is -0.310 e. The molecule has 1 aromatic heterocycles. The summed E-state index contributed by atoms with van der Waals surface area (Å²) < 4.78 is 2.03. The third-order valence-corrected chi connectivity index (χ3v) is 5.40. The van der Waals surface area contributed by atoms with E-state index in [0.29, 0.717) is 11.6 Å². The van der Waals surface area contributed by atoms with Gasteiger partial charge in [0.25, 0.3) is 0 Å². The maximum atomic E-state index is 4.43. The fraction of sp³-hybridized carbons (Fsp3) is 0.824. The van der Waals surface area contributed by atoms with E-state index in [4.69, 9.17) is 0 Å². The number of rotatable bonds is 3. The van der Waals surface area contributed by atoms with E-state index in [9.17, 15) is 0 Å². The minimum absolute atomic E-state index is 0.379. The van der Waals surface area contributed by atoms with Gasteiger partial charge in [-0.15, -0.1) is 0 Å². The summed E-state index contributed by atoms with van der Waals surface area (Å²) in [5.74, 6) is 0. The highest BCUT2D eigenvalue weighted by Crippen LogP contribution is 2.32. The summed E-state index contributed by atoms with van der Waals surface area (Å²) in [6.07, 6.45) is 12.4. The topological polar surface area (TPSA) is 33.1 Å². The summed E-state index contributed by atoms with van der Waals surface area (Å²) in [6.45, 7) is 8.91. The molecule has 1 saturated heterocycles. The quantitative estimate of drug-likeness (QED) is 0.929. The molecule has 0 aromatic carbocycles. The van der Waals surface area contributed by atoms with E-state index < -0.39 is 0 Å². The first-order valence-electron chi connectivity index (χ1n) is 8.71. The molecule has 4 nitrogen and oxygen atoms in total. The lowest BCUT2D eigenvalue weighted by Crippen LogP contribution is -2.53. The van der Waals surface area contributed by atoms with E-state index in [2.05, 4.69) is 35.4 Å². The van der Waals surface area contributed by atoms with E-state index >= 15 is 0 Å². The number of aromatic nitrogens is 2. The van der Waals surface area contributed by atoms with Crippen LogP contribution < -0.4 is 5.32 Å². The molecule has 1 spiro atoms. The molecule has 3 rings (SSSR count). The first-order valence-corrected chi connectivity index (χ1v) is 8.71. The molecule has 0 amide bonds. The zero-order valence-corrected chi connectivity index (χ0v) is 13.6. The van der Waals surface area contributed by atoms with Crippen LogP contribution in [0.5, 0.6) is 0 Å². The second-order valence-corrected chi connectivity index (χ2v) is 7.01. The molecule has 21 heavy (non-hydrogen) atoms. The van der Waals surface area contributed by atoms with Crippen LogP contribution in [0.1, 0.15) is 57.9 Å². The number of hydrogen-bond acceptors (Lipinski definition) is 3. The van der Waals surface area contributed by atoms with Crippen molar-refractivity contribution >= 4 is 0 Å². The van der Waals surface area contributed by atoms with E-state index in [-0.39, 0.29) is 0 Å². The predicted octanol–water partition coefficient (Wildman–Crippen LogP) is 2.79. The van der Waals surface area contributed by atoms with E-state index in [0.717, 1.165) is 13.1 Å². The van der Waals surface area contributed by atoms with Crippen molar-refractivity contribution in [3.8, 4) is 0 Å². The standard InChI is InChI=1S/C17H30N4/c1-3-21-13-16(11-19-21)12-20-14-17(8-5-4-6-9-17)18-10-7-15(20)2/h11,13,15,18H,3-10,12,14H2,1-2H3. The normalized spacial score (nSPS) is 26.9. The van der Waals surface area contributed by atoms with Gasteiger partial charge in [-0.2, -0.15) is 5.10 Å². The monoisotopic (exact) mass is 290 g/mol. The van der Waals surface area contributed by atoms with Gasteiger partial charge in [0.2, 0.25) is 0 Å². The van der Waals surface area contributed by atoms with Crippen molar-refractivity contribution in [2.45, 2.75) is 77.0 Å². The van der Waals surface area contributed by atoms with Gasteiger partial charge in [0.15, 0.2) is 0 Å². The van der Waals surface area contributed by atoms with Crippen LogP contribution in [0.4, 0.5) is 0 Å². The van der Waals surface area contributed by atoms with Crippen LogP contribution in [-0.4, -0.2) is 39.4 Å². The fourth-order valence-corrected chi connectivity index (χ4v) is 4.00. The van der Waals surface area contributed by atoms with Crippen molar-refractivity contribution in [1.82, 2.24) is 20.0 Å². The average Bonchev–Trinajstić information content (AvgIpc) is 2.89. The summed E-state index contributed by atoms with van der Waals surface area (Å²) in [5.41, 5.74) is 1.74. The third-order valence-electron chi connectivity index (χ3n) is 5.40. The smallest absolute Gasteiger partial charge is 0.0534 e. The van der Waals surface area contributed by atoms with Gasteiger partial charge in [-0.1, -0.05) is 19.3 Å². The Hall–Kier alpha value is -0.870. The average molecular weight is 290 g/mol. The van der Waals surface area contributed by atoms with Gasteiger partial charge in [0.1, 0.15) is 0 Å². The largest absolute Gasteiger partial charge is 0.310 e. The van der Waals surface area contributed by atoms with Crippen LogP contribution in [0.15, 0.2) is 12.4 Å². The van der Waals surface area contributed by atoms with E-state index in [1.807, 2.05) is 10.9 Å². The SMILES string of the molecule is CCn1cc(CN2CC3(CCCCC3)NCCC2C)cn1. The molecule has 2 aliphatic rings. The third kappa shape index (κ3) is 3.49. The number of aryl methyl sites for hydroxylation is 1. The van der Waals surface area contributed by atoms with Gasteiger partial charge in [-0.25, -0.2) is 0 Å². The second kappa shape index (κ2) is 6.49. The Labute approximate surface area is 128 Å².